The minimum Gasteiger partial charge on any atom is -0.342 e. The molecule has 0 spiro atoms. The molecule has 2 fully saturated rings. The molecule has 2 aliphatic rings. The van der Waals surface area contributed by atoms with Crippen molar-refractivity contribution in [3.05, 3.63) is 46.1 Å². The molecular formula is C24H34N4O2S. The number of carbonyl (C=O) groups excluding carboxylic acids is 1. The zero-order valence-electron chi connectivity index (χ0n) is 18.9. The Hall–Kier alpha value is -2.02. The quantitative estimate of drug-likeness (QED) is 0.631. The molecule has 1 aliphatic heterocycles. The van der Waals surface area contributed by atoms with Gasteiger partial charge in [-0.05, 0) is 43.4 Å². The Labute approximate surface area is 189 Å². The average Bonchev–Trinajstić information content (AvgIpc) is 3.37. The molecule has 4 rings (SSSR count). The molecule has 0 unspecified atom stereocenters. The number of hydrogen-bond donors (Lipinski definition) is 0. The summed E-state index contributed by atoms with van der Waals surface area (Å²) in [6.07, 6.45) is 6.73. The Morgan fingerprint density at radius 1 is 1.10 bits per heavy atom. The maximum Gasteiger partial charge on any atom is 0.345 e. The summed E-state index contributed by atoms with van der Waals surface area (Å²) in [5.41, 5.74) is 1.08. The van der Waals surface area contributed by atoms with Crippen molar-refractivity contribution in [2.24, 2.45) is 7.05 Å². The number of piperidine rings is 1. The van der Waals surface area contributed by atoms with Gasteiger partial charge in [-0.25, -0.2) is 9.48 Å². The van der Waals surface area contributed by atoms with Gasteiger partial charge in [-0.2, -0.15) is 5.10 Å². The lowest BCUT2D eigenvalue weighted by Gasteiger charge is -2.32. The highest BCUT2D eigenvalue weighted by molar-refractivity contribution is 7.99. The number of rotatable bonds is 6. The van der Waals surface area contributed by atoms with Crippen LogP contribution in [0.25, 0.3) is 0 Å². The van der Waals surface area contributed by atoms with E-state index < -0.39 is 0 Å². The third-order valence-electron chi connectivity index (χ3n) is 6.54. The van der Waals surface area contributed by atoms with E-state index in [-0.39, 0.29) is 17.5 Å². The fraction of sp³-hybridized carbons (Fsp3) is 0.625. The first kappa shape index (κ1) is 22.2. The highest BCUT2D eigenvalue weighted by Gasteiger charge is 2.31. The predicted octanol–water partition coefficient (Wildman–Crippen LogP) is 4.15. The van der Waals surface area contributed by atoms with Crippen LogP contribution in [-0.2, 0) is 18.3 Å². The predicted molar refractivity (Wildman–Crippen MR) is 125 cm³/mol. The van der Waals surface area contributed by atoms with E-state index in [1.807, 2.05) is 21.2 Å². The minimum atomic E-state index is 0.0134. The van der Waals surface area contributed by atoms with Gasteiger partial charge in [0.05, 0.1) is 6.42 Å². The van der Waals surface area contributed by atoms with E-state index in [4.69, 9.17) is 0 Å². The molecule has 0 atom stereocenters. The van der Waals surface area contributed by atoms with Crippen LogP contribution in [0.4, 0.5) is 0 Å². The molecule has 7 heteroatoms. The molecule has 2 aromatic rings. The Kier molecular flexibility index (Phi) is 6.89. The van der Waals surface area contributed by atoms with Gasteiger partial charge in [0.25, 0.3) is 0 Å². The van der Waals surface area contributed by atoms with E-state index in [1.54, 1.807) is 7.05 Å². The van der Waals surface area contributed by atoms with Crippen LogP contribution >= 0.6 is 11.8 Å². The zero-order valence-corrected chi connectivity index (χ0v) is 19.7. The lowest BCUT2D eigenvalue weighted by molar-refractivity contribution is -0.131. The summed E-state index contributed by atoms with van der Waals surface area (Å²) < 4.78 is 3.46. The van der Waals surface area contributed by atoms with Crippen LogP contribution in [0.15, 0.2) is 34.0 Å². The molecule has 6 nitrogen and oxygen atoms in total. The Morgan fingerprint density at radius 3 is 2.35 bits per heavy atom. The molecule has 2 heterocycles. The maximum absolute atomic E-state index is 12.9. The Bertz CT molecular complexity index is 949. The lowest BCUT2D eigenvalue weighted by Crippen LogP contribution is -2.39. The van der Waals surface area contributed by atoms with Crippen LogP contribution in [0.3, 0.4) is 0 Å². The molecule has 1 aromatic carbocycles. The van der Waals surface area contributed by atoms with Gasteiger partial charge in [0, 0.05) is 42.2 Å². The molecule has 168 valence electrons. The van der Waals surface area contributed by atoms with Crippen LogP contribution in [0.5, 0.6) is 0 Å². The van der Waals surface area contributed by atoms with Crippen LogP contribution < -0.4 is 5.69 Å². The number of nitrogens with zero attached hydrogens (tertiary/aromatic N) is 4. The summed E-state index contributed by atoms with van der Waals surface area (Å²) in [7, 11) is 1.75. The van der Waals surface area contributed by atoms with Gasteiger partial charge in [0.15, 0.2) is 0 Å². The van der Waals surface area contributed by atoms with Crippen molar-refractivity contribution in [2.75, 3.05) is 13.1 Å². The molecule has 1 aromatic heterocycles. The fourth-order valence-corrected chi connectivity index (χ4v) is 5.75. The molecule has 1 saturated heterocycles. The second kappa shape index (κ2) is 9.63. The van der Waals surface area contributed by atoms with Crippen molar-refractivity contribution >= 4 is 17.7 Å². The number of aryl methyl sites for hydroxylation is 1. The van der Waals surface area contributed by atoms with E-state index in [1.165, 1.54) is 22.4 Å². The standard InChI is InChI=1S/C24H34N4O2S/c1-17(2)31-21-10-8-18(9-11-21)16-22(29)27-14-12-19(13-15-27)23-25-26(3)24(30)28(23)20-6-4-5-7-20/h8-11,17,19-20H,4-7,12-16H2,1-3H3. The van der Waals surface area contributed by atoms with Crippen LogP contribution in [0, 0.1) is 0 Å². The van der Waals surface area contributed by atoms with Crippen molar-refractivity contribution in [2.45, 2.75) is 80.9 Å². The van der Waals surface area contributed by atoms with E-state index in [0.29, 0.717) is 17.7 Å². The highest BCUT2D eigenvalue weighted by atomic mass is 32.2. The van der Waals surface area contributed by atoms with E-state index >= 15 is 0 Å². The number of carbonyl (C=O) groups is 1. The number of amides is 1. The summed E-state index contributed by atoms with van der Waals surface area (Å²) >= 11 is 1.84. The summed E-state index contributed by atoms with van der Waals surface area (Å²) in [4.78, 5) is 28.8. The molecule has 0 N–H and O–H groups in total. The molecule has 0 radical (unpaired) electrons. The number of hydrogen-bond acceptors (Lipinski definition) is 4. The molecule has 1 amide bonds. The lowest BCUT2D eigenvalue weighted by atomic mass is 9.95. The normalized spacial score (nSPS) is 18.3. The minimum absolute atomic E-state index is 0.0134. The fourth-order valence-electron chi connectivity index (χ4n) is 4.91. The van der Waals surface area contributed by atoms with Crippen LogP contribution in [-0.4, -0.2) is 43.5 Å². The number of likely N-dealkylation sites (tertiary alicyclic amines) is 1. The van der Waals surface area contributed by atoms with Gasteiger partial charge >= 0.3 is 5.69 Å². The summed E-state index contributed by atoms with van der Waals surface area (Å²) in [5, 5.41) is 5.16. The van der Waals surface area contributed by atoms with E-state index in [9.17, 15) is 9.59 Å². The smallest absolute Gasteiger partial charge is 0.342 e. The van der Waals surface area contributed by atoms with Gasteiger partial charge in [0.1, 0.15) is 5.82 Å². The first-order chi connectivity index (χ1) is 14.9. The topological polar surface area (TPSA) is 60.1 Å². The summed E-state index contributed by atoms with van der Waals surface area (Å²) in [5.74, 6) is 1.38. The van der Waals surface area contributed by atoms with Gasteiger partial charge in [-0.15, -0.1) is 11.8 Å². The van der Waals surface area contributed by atoms with Crippen LogP contribution in [0.2, 0.25) is 0 Å². The van der Waals surface area contributed by atoms with Crippen molar-refractivity contribution in [1.82, 2.24) is 19.2 Å². The average molecular weight is 443 g/mol. The molecule has 31 heavy (non-hydrogen) atoms. The number of aromatic nitrogens is 3. The number of thioether (sulfide) groups is 1. The molecular weight excluding hydrogens is 408 g/mol. The number of benzene rings is 1. The summed E-state index contributed by atoms with van der Waals surface area (Å²) in [6, 6.07) is 8.67. The van der Waals surface area contributed by atoms with E-state index in [2.05, 4.69) is 43.2 Å². The van der Waals surface area contributed by atoms with Crippen molar-refractivity contribution in [3.8, 4) is 0 Å². The second-order valence-corrected chi connectivity index (χ2v) is 10.9. The first-order valence-electron chi connectivity index (χ1n) is 11.6. The van der Waals surface area contributed by atoms with Crippen molar-refractivity contribution in [1.29, 1.82) is 0 Å². The van der Waals surface area contributed by atoms with Gasteiger partial charge in [-0.3, -0.25) is 9.36 Å². The molecule has 1 saturated carbocycles. The van der Waals surface area contributed by atoms with E-state index in [0.717, 1.165) is 50.2 Å². The second-order valence-electron chi connectivity index (χ2n) is 9.22. The van der Waals surface area contributed by atoms with Gasteiger partial charge in [0.2, 0.25) is 5.91 Å². The van der Waals surface area contributed by atoms with Gasteiger partial charge < -0.3 is 4.90 Å². The SMILES string of the molecule is CC(C)Sc1ccc(CC(=O)N2CCC(c3nn(C)c(=O)n3C3CCCC3)CC2)cc1. The molecule has 0 bridgehead atoms. The van der Waals surface area contributed by atoms with Crippen molar-refractivity contribution < 1.29 is 4.79 Å². The largest absolute Gasteiger partial charge is 0.345 e. The zero-order chi connectivity index (χ0) is 22.0. The highest BCUT2D eigenvalue weighted by Crippen LogP contribution is 2.33. The Morgan fingerprint density at radius 2 is 1.74 bits per heavy atom. The first-order valence-corrected chi connectivity index (χ1v) is 12.5. The molecule has 1 aliphatic carbocycles. The third-order valence-corrected chi connectivity index (χ3v) is 7.55. The monoisotopic (exact) mass is 442 g/mol. The third kappa shape index (κ3) is 5.08. The van der Waals surface area contributed by atoms with Crippen LogP contribution in [0.1, 0.15) is 75.7 Å². The van der Waals surface area contributed by atoms with Gasteiger partial charge in [-0.1, -0.05) is 38.8 Å². The summed E-state index contributed by atoms with van der Waals surface area (Å²) in [6.45, 7) is 5.84. The van der Waals surface area contributed by atoms with Crippen molar-refractivity contribution in [3.63, 3.8) is 0 Å². The maximum atomic E-state index is 12.9. The Balaban J connectivity index is 1.36.